The van der Waals surface area contributed by atoms with Gasteiger partial charge in [0.25, 0.3) is 5.91 Å². The Bertz CT molecular complexity index is 803. The summed E-state index contributed by atoms with van der Waals surface area (Å²) < 4.78 is 16.5. The predicted molar refractivity (Wildman–Crippen MR) is 74.0 cm³/mol. The number of benzene rings is 1. The van der Waals surface area contributed by atoms with E-state index in [-0.39, 0.29) is 11.7 Å². The van der Waals surface area contributed by atoms with Gasteiger partial charge in [0.15, 0.2) is 0 Å². The Kier molecular flexibility index (Phi) is 2.78. The molecular weight excluding hydrogens is 259 g/mol. The minimum absolute atomic E-state index is 0.253. The number of halogens is 1. The van der Waals surface area contributed by atoms with Crippen molar-refractivity contribution < 1.29 is 9.18 Å². The monoisotopic (exact) mass is 272 g/mol. The van der Waals surface area contributed by atoms with Crippen LogP contribution in [-0.4, -0.2) is 20.3 Å². The van der Waals surface area contributed by atoms with Crippen LogP contribution in [0.5, 0.6) is 0 Å². The smallest absolute Gasteiger partial charge is 0.272 e. The zero-order valence-corrected chi connectivity index (χ0v) is 11.1. The standard InChI is InChI=1S/C14H13FN4O/c1-18-8-11(7-16-18)17-14(20)13-5-9-3-4-10(15)6-12(9)19(13)2/h3-8H,1-2H3,(H,17,20). The van der Waals surface area contributed by atoms with E-state index in [4.69, 9.17) is 0 Å². The number of hydrogen-bond acceptors (Lipinski definition) is 2. The number of carbonyl (C=O) groups excluding carboxylic acids is 1. The average molecular weight is 272 g/mol. The number of nitrogens with one attached hydrogen (secondary N) is 1. The lowest BCUT2D eigenvalue weighted by Gasteiger charge is -2.04. The van der Waals surface area contributed by atoms with Crippen molar-refractivity contribution in [2.45, 2.75) is 0 Å². The second kappa shape index (κ2) is 4.48. The Morgan fingerprint density at radius 2 is 2.10 bits per heavy atom. The van der Waals surface area contributed by atoms with Gasteiger partial charge in [0.05, 0.1) is 17.4 Å². The number of rotatable bonds is 2. The number of nitrogens with zero attached hydrogens (tertiary/aromatic N) is 3. The second-order valence-electron chi connectivity index (χ2n) is 4.65. The Labute approximate surface area is 114 Å². The maximum Gasteiger partial charge on any atom is 0.272 e. The van der Waals surface area contributed by atoms with Gasteiger partial charge < -0.3 is 9.88 Å². The molecule has 0 aliphatic carbocycles. The first-order chi connectivity index (χ1) is 9.54. The molecule has 0 spiro atoms. The number of hydrogen-bond donors (Lipinski definition) is 1. The molecule has 1 aromatic carbocycles. The van der Waals surface area contributed by atoms with Crippen molar-refractivity contribution in [2.75, 3.05) is 5.32 Å². The van der Waals surface area contributed by atoms with E-state index in [0.29, 0.717) is 16.9 Å². The molecule has 1 amide bonds. The largest absolute Gasteiger partial charge is 0.340 e. The maximum absolute atomic E-state index is 13.3. The molecule has 0 saturated heterocycles. The van der Waals surface area contributed by atoms with E-state index in [0.717, 1.165) is 5.39 Å². The molecule has 102 valence electrons. The Hall–Kier alpha value is -2.63. The van der Waals surface area contributed by atoms with Crippen LogP contribution in [0, 0.1) is 5.82 Å². The van der Waals surface area contributed by atoms with Crippen LogP contribution in [0.2, 0.25) is 0 Å². The summed E-state index contributed by atoms with van der Waals surface area (Å²) in [4.78, 5) is 12.2. The normalized spacial score (nSPS) is 10.9. The summed E-state index contributed by atoms with van der Waals surface area (Å²) in [6, 6.07) is 6.19. The number of carbonyl (C=O) groups is 1. The minimum atomic E-state index is -0.321. The van der Waals surface area contributed by atoms with Gasteiger partial charge in [-0.15, -0.1) is 0 Å². The van der Waals surface area contributed by atoms with Crippen LogP contribution in [0.1, 0.15) is 10.5 Å². The third-order valence-electron chi connectivity index (χ3n) is 3.20. The molecule has 0 saturated carbocycles. The number of anilines is 1. The molecule has 2 aromatic heterocycles. The molecule has 0 fully saturated rings. The van der Waals surface area contributed by atoms with Gasteiger partial charge in [0.1, 0.15) is 11.5 Å². The van der Waals surface area contributed by atoms with Crippen LogP contribution in [0.25, 0.3) is 10.9 Å². The molecular formula is C14H13FN4O. The van der Waals surface area contributed by atoms with Gasteiger partial charge in [0.2, 0.25) is 0 Å². The fourth-order valence-corrected chi connectivity index (χ4v) is 2.20. The van der Waals surface area contributed by atoms with Gasteiger partial charge in [-0.05, 0) is 24.3 Å². The Morgan fingerprint density at radius 1 is 1.30 bits per heavy atom. The highest BCUT2D eigenvalue weighted by atomic mass is 19.1. The lowest BCUT2D eigenvalue weighted by Crippen LogP contribution is -2.15. The van der Waals surface area contributed by atoms with Gasteiger partial charge in [-0.25, -0.2) is 4.39 Å². The molecule has 0 aliphatic rings. The maximum atomic E-state index is 13.3. The van der Waals surface area contributed by atoms with E-state index in [1.54, 1.807) is 47.9 Å². The van der Waals surface area contributed by atoms with Gasteiger partial charge in [0, 0.05) is 25.7 Å². The van der Waals surface area contributed by atoms with E-state index < -0.39 is 0 Å². The van der Waals surface area contributed by atoms with E-state index in [1.165, 1.54) is 12.1 Å². The van der Waals surface area contributed by atoms with Crippen LogP contribution in [-0.2, 0) is 14.1 Å². The van der Waals surface area contributed by atoms with Crippen LogP contribution < -0.4 is 5.32 Å². The zero-order valence-electron chi connectivity index (χ0n) is 11.1. The third-order valence-corrected chi connectivity index (χ3v) is 3.20. The van der Waals surface area contributed by atoms with Crippen molar-refractivity contribution in [3.05, 3.63) is 48.2 Å². The van der Waals surface area contributed by atoms with E-state index in [1.807, 2.05) is 0 Å². The molecule has 0 atom stereocenters. The van der Waals surface area contributed by atoms with Crippen molar-refractivity contribution in [3.63, 3.8) is 0 Å². The topological polar surface area (TPSA) is 51.9 Å². The molecule has 5 nitrogen and oxygen atoms in total. The minimum Gasteiger partial charge on any atom is -0.340 e. The predicted octanol–water partition coefficient (Wildman–Crippen LogP) is 2.30. The number of fused-ring (bicyclic) bond motifs is 1. The van der Waals surface area contributed by atoms with Crippen molar-refractivity contribution >= 4 is 22.5 Å². The van der Waals surface area contributed by atoms with E-state index >= 15 is 0 Å². The molecule has 20 heavy (non-hydrogen) atoms. The van der Waals surface area contributed by atoms with Crippen LogP contribution in [0.3, 0.4) is 0 Å². The molecule has 0 bridgehead atoms. The summed E-state index contributed by atoms with van der Waals surface area (Å²) in [6.07, 6.45) is 3.28. The van der Waals surface area contributed by atoms with Crippen LogP contribution >= 0.6 is 0 Å². The van der Waals surface area contributed by atoms with Gasteiger partial charge in [-0.2, -0.15) is 5.10 Å². The summed E-state index contributed by atoms with van der Waals surface area (Å²) in [7, 11) is 3.51. The fraction of sp³-hybridized carbons (Fsp3) is 0.143. The first-order valence-corrected chi connectivity index (χ1v) is 6.09. The summed E-state index contributed by atoms with van der Waals surface area (Å²) in [5.41, 5.74) is 1.77. The first-order valence-electron chi connectivity index (χ1n) is 6.09. The van der Waals surface area contributed by atoms with Gasteiger partial charge in [-0.1, -0.05) is 0 Å². The summed E-state index contributed by atoms with van der Waals surface area (Å²) in [5, 5.41) is 7.57. The highest BCUT2D eigenvalue weighted by Crippen LogP contribution is 2.20. The SMILES string of the molecule is Cn1cc(NC(=O)c2cc3ccc(F)cc3n2C)cn1. The Morgan fingerprint density at radius 3 is 2.80 bits per heavy atom. The molecule has 0 aliphatic heterocycles. The summed E-state index contributed by atoms with van der Waals surface area (Å²) in [5.74, 6) is -0.574. The van der Waals surface area contributed by atoms with E-state index in [2.05, 4.69) is 10.4 Å². The zero-order chi connectivity index (χ0) is 14.3. The molecule has 0 unspecified atom stereocenters. The molecule has 2 heterocycles. The lowest BCUT2D eigenvalue weighted by molar-refractivity contribution is 0.101. The summed E-state index contributed by atoms with van der Waals surface area (Å²) >= 11 is 0. The van der Waals surface area contributed by atoms with E-state index in [9.17, 15) is 9.18 Å². The third kappa shape index (κ3) is 2.05. The van der Waals surface area contributed by atoms with Crippen LogP contribution in [0.4, 0.5) is 10.1 Å². The molecule has 3 rings (SSSR count). The van der Waals surface area contributed by atoms with Gasteiger partial charge >= 0.3 is 0 Å². The number of amides is 1. The fourth-order valence-electron chi connectivity index (χ4n) is 2.20. The van der Waals surface area contributed by atoms with Crippen LogP contribution in [0.15, 0.2) is 36.7 Å². The number of aryl methyl sites for hydroxylation is 2. The van der Waals surface area contributed by atoms with Crippen molar-refractivity contribution in [1.82, 2.24) is 14.3 Å². The van der Waals surface area contributed by atoms with Crippen molar-refractivity contribution in [2.24, 2.45) is 14.1 Å². The van der Waals surface area contributed by atoms with Crippen molar-refractivity contribution in [1.29, 1.82) is 0 Å². The second-order valence-corrected chi connectivity index (χ2v) is 4.65. The highest BCUT2D eigenvalue weighted by Gasteiger charge is 2.14. The highest BCUT2D eigenvalue weighted by molar-refractivity contribution is 6.06. The molecule has 0 radical (unpaired) electrons. The first kappa shape index (κ1) is 12.4. The molecule has 6 heteroatoms. The lowest BCUT2D eigenvalue weighted by atomic mass is 10.2. The van der Waals surface area contributed by atoms with Crippen molar-refractivity contribution in [3.8, 4) is 0 Å². The summed E-state index contributed by atoms with van der Waals surface area (Å²) in [6.45, 7) is 0. The average Bonchev–Trinajstić information content (AvgIpc) is 2.94. The molecule has 1 N–H and O–H groups in total. The quantitative estimate of drug-likeness (QED) is 0.778. The van der Waals surface area contributed by atoms with Gasteiger partial charge in [-0.3, -0.25) is 9.48 Å². The number of aromatic nitrogens is 3. The molecule has 3 aromatic rings. The Balaban J connectivity index is 1.97.